The average molecular weight is 332 g/mol. The van der Waals surface area contributed by atoms with Gasteiger partial charge in [-0.15, -0.1) is 0 Å². The molecule has 0 unspecified atom stereocenters. The van der Waals surface area contributed by atoms with E-state index in [4.69, 9.17) is 9.47 Å². The number of methoxy groups -OCH3 is 2. The summed E-state index contributed by atoms with van der Waals surface area (Å²) in [7, 11) is 3.07. The van der Waals surface area contributed by atoms with Gasteiger partial charge in [0.15, 0.2) is 11.5 Å². The van der Waals surface area contributed by atoms with Gasteiger partial charge >= 0.3 is 0 Å². The molecule has 0 bridgehead atoms. The summed E-state index contributed by atoms with van der Waals surface area (Å²) in [6.07, 6.45) is 2.92. The molecule has 0 aromatic heterocycles. The Morgan fingerprint density at radius 1 is 1.32 bits per heavy atom. The third-order valence-corrected chi connectivity index (χ3v) is 4.30. The van der Waals surface area contributed by atoms with Gasteiger partial charge in [0.1, 0.15) is 5.82 Å². The standard InChI is InChI=1S/C14H19BrFNO2/c1-18-11-8-10(7-9-3-5-17-6-4-9)13(16)12(15)14(11)19-2/h8-9,17H,3-7H2,1-2H3. The van der Waals surface area contributed by atoms with Crippen LogP contribution in [0.25, 0.3) is 0 Å². The number of rotatable bonds is 4. The summed E-state index contributed by atoms with van der Waals surface area (Å²) in [5.41, 5.74) is 0.691. The lowest BCUT2D eigenvalue weighted by atomic mass is 9.90. The van der Waals surface area contributed by atoms with Crippen LogP contribution in [-0.4, -0.2) is 27.3 Å². The van der Waals surface area contributed by atoms with E-state index in [1.165, 1.54) is 7.11 Å². The number of nitrogens with one attached hydrogen (secondary N) is 1. The van der Waals surface area contributed by atoms with Crippen molar-refractivity contribution in [1.29, 1.82) is 0 Å². The Bertz CT molecular complexity index is 448. The smallest absolute Gasteiger partial charge is 0.177 e. The molecule has 19 heavy (non-hydrogen) atoms. The summed E-state index contributed by atoms with van der Waals surface area (Å²) in [4.78, 5) is 0. The third kappa shape index (κ3) is 3.20. The molecule has 1 heterocycles. The Labute approximate surface area is 121 Å². The lowest BCUT2D eigenvalue weighted by Crippen LogP contribution is -2.28. The van der Waals surface area contributed by atoms with Gasteiger partial charge in [-0.3, -0.25) is 0 Å². The fourth-order valence-electron chi connectivity index (χ4n) is 2.52. The minimum absolute atomic E-state index is 0.240. The summed E-state index contributed by atoms with van der Waals surface area (Å²) in [6, 6.07) is 1.75. The second-order valence-electron chi connectivity index (χ2n) is 4.80. The quantitative estimate of drug-likeness (QED) is 0.919. The van der Waals surface area contributed by atoms with Gasteiger partial charge in [-0.25, -0.2) is 4.39 Å². The monoisotopic (exact) mass is 331 g/mol. The van der Waals surface area contributed by atoms with E-state index in [0.29, 0.717) is 27.5 Å². The highest BCUT2D eigenvalue weighted by molar-refractivity contribution is 9.10. The first-order valence-electron chi connectivity index (χ1n) is 6.47. The number of halogens is 2. The maximum atomic E-state index is 14.3. The Morgan fingerprint density at radius 2 is 2.00 bits per heavy atom. The van der Waals surface area contributed by atoms with Gasteiger partial charge in [-0.05, 0) is 65.8 Å². The van der Waals surface area contributed by atoms with E-state index in [9.17, 15) is 4.39 Å². The molecule has 5 heteroatoms. The second-order valence-corrected chi connectivity index (χ2v) is 5.59. The first kappa shape index (κ1) is 14.6. The molecule has 1 fully saturated rings. The van der Waals surface area contributed by atoms with Gasteiger partial charge in [-0.1, -0.05) is 0 Å². The molecular formula is C14H19BrFNO2. The number of hydrogen-bond donors (Lipinski definition) is 1. The Balaban J connectivity index is 2.26. The first-order valence-corrected chi connectivity index (χ1v) is 7.26. The molecule has 0 aliphatic carbocycles. The molecule has 1 saturated heterocycles. The van der Waals surface area contributed by atoms with Crippen molar-refractivity contribution in [2.24, 2.45) is 5.92 Å². The maximum absolute atomic E-state index is 14.3. The van der Waals surface area contributed by atoms with Crippen molar-refractivity contribution in [3.05, 3.63) is 21.9 Å². The van der Waals surface area contributed by atoms with Crippen LogP contribution in [0.4, 0.5) is 4.39 Å². The summed E-state index contributed by atoms with van der Waals surface area (Å²) in [5.74, 6) is 1.27. The molecular weight excluding hydrogens is 313 g/mol. The highest BCUT2D eigenvalue weighted by Gasteiger charge is 2.21. The van der Waals surface area contributed by atoms with Crippen molar-refractivity contribution in [2.45, 2.75) is 19.3 Å². The van der Waals surface area contributed by atoms with Crippen LogP contribution in [0.5, 0.6) is 11.5 Å². The zero-order valence-corrected chi connectivity index (χ0v) is 12.8. The molecule has 0 amide bonds. The SMILES string of the molecule is COc1cc(CC2CCNCC2)c(F)c(Br)c1OC. The van der Waals surface area contributed by atoms with Crippen LogP contribution in [0.1, 0.15) is 18.4 Å². The summed E-state index contributed by atoms with van der Waals surface area (Å²) >= 11 is 3.26. The van der Waals surface area contributed by atoms with Gasteiger partial charge in [0, 0.05) is 0 Å². The zero-order chi connectivity index (χ0) is 13.8. The third-order valence-electron chi connectivity index (χ3n) is 3.59. The molecule has 0 spiro atoms. The van der Waals surface area contributed by atoms with Crippen LogP contribution in [0.15, 0.2) is 10.5 Å². The molecule has 0 saturated carbocycles. The number of ether oxygens (including phenoxy) is 2. The summed E-state index contributed by atoms with van der Waals surface area (Å²) < 4.78 is 25.1. The van der Waals surface area contributed by atoms with Crippen molar-refractivity contribution in [1.82, 2.24) is 5.32 Å². The van der Waals surface area contributed by atoms with Gasteiger partial charge in [0.25, 0.3) is 0 Å². The average Bonchev–Trinajstić information content (AvgIpc) is 2.45. The largest absolute Gasteiger partial charge is 0.493 e. The van der Waals surface area contributed by atoms with E-state index in [0.717, 1.165) is 32.4 Å². The topological polar surface area (TPSA) is 30.5 Å². The fraction of sp³-hybridized carbons (Fsp3) is 0.571. The Morgan fingerprint density at radius 3 is 2.58 bits per heavy atom. The lowest BCUT2D eigenvalue weighted by Gasteiger charge is -2.23. The second kappa shape index (κ2) is 6.57. The van der Waals surface area contributed by atoms with Crippen molar-refractivity contribution in [2.75, 3.05) is 27.3 Å². The van der Waals surface area contributed by atoms with E-state index in [2.05, 4.69) is 21.2 Å². The molecule has 1 aromatic carbocycles. The predicted octanol–water partition coefficient (Wildman–Crippen LogP) is 3.15. The first-order chi connectivity index (χ1) is 9.17. The van der Waals surface area contributed by atoms with Crippen molar-refractivity contribution in [3.8, 4) is 11.5 Å². The van der Waals surface area contributed by atoms with Crippen LogP contribution in [0.2, 0.25) is 0 Å². The van der Waals surface area contributed by atoms with Gasteiger partial charge in [0.2, 0.25) is 0 Å². The molecule has 106 valence electrons. The van der Waals surface area contributed by atoms with E-state index in [1.54, 1.807) is 13.2 Å². The minimum Gasteiger partial charge on any atom is -0.493 e. The predicted molar refractivity (Wildman–Crippen MR) is 76.5 cm³/mol. The van der Waals surface area contributed by atoms with Crippen molar-refractivity contribution in [3.63, 3.8) is 0 Å². The molecule has 2 rings (SSSR count). The number of hydrogen-bond acceptors (Lipinski definition) is 3. The van der Waals surface area contributed by atoms with Gasteiger partial charge in [-0.2, -0.15) is 0 Å². The highest BCUT2D eigenvalue weighted by Crippen LogP contribution is 2.39. The molecule has 3 nitrogen and oxygen atoms in total. The number of piperidine rings is 1. The molecule has 0 radical (unpaired) electrons. The lowest BCUT2D eigenvalue weighted by molar-refractivity contribution is 0.344. The van der Waals surface area contributed by atoms with Crippen LogP contribution in [-0.2, 0) is 6.42 Å². The normalized spacial score (nSPS) is 16.4. The van der Waals surface area contributed by atoms with Gasteiger partial charge < -0.3 is 14.8 Å². The van der Waals surface area contributed by atoms with E-state index >= 15 is 0 Å². The summed E-state index contributed by atoms with van der Waals surface area (Å²) in [6.45, 7) is 2.03. The summed E-state index contributed by atoms with van der Waals surface area (Å²) in [5, 5.41) is 3.32. The van der Waals surface area contributed by atoms with E-state index in [1.807, 2.05) is 0 Å². The highest BCUT2D eigenvalue weighted by atomic mass is 79.9. The van der Waals surface area contributed by atoms with Crippen molar-refractivity contribution >= 4 is 15.9 Å². The number of benzene rings is 1. The van der Waals surface area contributed by atoms with Crippen LogP contribution in [0.3, 0.4) is 0 Å². The van der Waals surface area contributed by atoms with Gasteiger partial charge in [0.05, 0.1) is 18.7 Å². The minimum atomic E-state index is -0.240. The van der Waals surface area contributed by atoms with E-state index < -0.39 is 0 Å². The van der Waals surface area contributed by atoms with E-state index in [-0.39, 0.29) is 5.82 Å². The Kier molecular flexibility index (Phi) is 5.05. The van der Waals surface area contributed by atoms with Crippen LogP contribution >= 0.6 is 15.9 Å². The Hall–Kier alpha value is -0.810. The van der Waals surface area contributed by atoms with Crippen LogP contribution < -0.4 is 14.8 Å². The molecule has 1 aromatic rings. The maximum Gasteiger partial charge on any atom is 0.177 e. The van der Waals surface area contributed by atoms with Crippen LogP contribution in [0, 0.1) is 11.7 Å². The molecule has 1 aliphatic rings. The zero-order valence-electron chi connectivity index (χ0n) is 11.3. The molecule has 1 N–H and O–H groups in total. The molecule has 0 atom stereocenters. The molecule has 1 aliphatic heterocycles. The fourth-order valence-corrected chi connectivity index (χ4v) is 3.14. The van der Waals surface area contributed by atoms with Crippen molar-refractivity contribution < 1.29 is 13.9 Å².